The lowest BCUT2D eigenvalue weighted by atomic mass is 10.0. The normalized spacial score (nSPS) is 12.6. The van der Waals surface area contributed by atoms with Crippen molar-refractivity contribution in [3.63, 3.8) is 0 Å². The molecular formula is C12H17N3O4S. The number of nitrogen functional groups attached to an aromatic ring is 1. The van der Waals surface area contributed by atoms with E-state index in [4.69, 9.17) is 15.3 Å². The highest BCUT2D eigenvalue weighted by Crippen LogP contribution is 2.22. The summed E-state index contributed by atoms with van der Waals surface area (Å²) < 4.78 is 4.88. The molecular weight excluding hydrogens is 282 g/mol. The number of nitrogens with zero attached hydrogens (tertiary/aromatic N) is 2. The highest BCUT2D eigenvalue weighted by atomic mass is 32.1. The van der Waals surface area contributed by atoms with Crippen LogP contribution in [0.15, 0.2) is 10.5 Å². The Hall–Kier alpha value is -1.96. The van der Waals surface area contributed by atoms with Gasteiger partial charge in [-0.1, -0.05) is 5.16 Å². The Morgan fingerprint density at radius 1 is 1.55 bits per heavy atom. The molecule has 1 unspecified atom stereocenters. The first kappa shape index (κ1) is 16.1. The van der Waals surface area contributed by atoms with Gasteiger partial charge in [0.05, 0.1) is 12.3 Å². The van der Waals surface area contributed by atoms with Crippen LogP contribution in [0.3, 0.4) is 0 Å². The summed E-state index contributed by atoms with van der Waals surface area (Å²) in [7, 11) is 0. The van der Waals surface area contributed by atoms with Crippen molar-refractivity contribution in [2.24, 2.45) is 5.16 Å². The third-order valence-corrected chi connectivity index (χ3v) is 2.79. The summed E-state index contributed by atoms with van der Waals surface area (Å²) in [6, 6.07) is 0. The molecule has 1 rings (SSSR count). The quantitative estimate of drug-likeness (QED) is 0.353. The van der Waals surface area contributed by atoms with Gasteiger partial charge in [0.2, 0.25) is 0 Å². The van der Waals surface area contributed by atoms with Crippen molar-refractivity contribution in [3.8, 4) is 0 Å². The van der Waals surface area contributed by atoms with E-state index in [1.165, 1.54) is 0 Å². The highest BCUT2D eigenvalue weighted by Gasteiger charge is 2.31. The number of anilines is 1. The first-order chi connectivity index (χ1) is 9.45. The van der Waals surface area contributed by atoms with E-state index in [1.54, 1.807) is 26.2 Å². The number of esters is 1. The highest BCUT2D eigenvalue weighted by molar-refractivity contribution is 7.13. The predicted octanol–water partition coefficient (Wildman–Crippen LogP) is 1.35. The summed E-state index contributed by atoms with van der Waals surface area (Å²) in [5, 5.41) is 5.35. The molecule has 0 fully saturated rings. The standard InChI is InChI=1S/C12H17N3O4S/c1-4-18-11(17)10(8-6-20-12(13)15-8)9(16)5-14-19-7(2)3/h5-7,10H,4H2,1-3H3,(H2,13,15)/b14-5-. The van der Waals surface area contributed by atoms with Crippen LogP contribution in [0.4, 0.5) is 5.13 Å². The maximum absolute atomic E-state index is 12.0. The first-order valence-electron chi connectivity index (χ1n) is 6.06. The Bertz CT molecular complexity index is 499. The molecule has 0 saturated heterocycles. The predicted molar refractivity (Wildman–Crippen MR) is 75.6 cm³/mol. The smallest absolute Gasteiger partial charge is 0.323 e. The van der Waals surface area contributed by atoms with Crippen molar-refractivity contribution in [1.29, 1.82) is 0 Å². The van der Waals surface area contributed by atoms with Gasteiger partial charge in [0, 0.05) is 5.38 Å². The summed E-state index contributed by atoms with van der Waals surface area (Å²) in [4.78, 5) is 32.8. The number of nitrogens with two attached hydrogens (primary N) is 1. The minimum Gasteiger partial charge on any atom is -0.465 e. The van der Waals surface area contributed by atoms with Crippen LogP contribution in [0, 0.1) is 0 Å². The summed E-state index contributed by atoms with van der Waals surface area (Å²) in [5.41, 5.74) is 5.77. The molecule has 1 heterocycles. The molecule has 7 nitrogen and oxygen atoms in total. The van der Waals surface area contributed by atoms with Crippen molar-refractivity contribution in [3.05, 3.63) is 11.1 Å². The average molecular weight is 299 g/mol. The fourth-order valence-corrected chi connectivity index (χ4v) is 1.91. The van der Waals surface area contributed by atoms with Crippen molar-refractivity contribution in [2.75, 3.05) is 12.3 Å². The molecule has 0 aliphatic carbocycles. The van der Waals surface area contributed by atoms with E-state index in [9.17, 15) is 9.59 Å². The van der Waals surface area contributed by atoms with Crippen molar-refractivity contribution in [2.45, 2.75) is 32.8 Å². The number of rotatable bonds is 7. The van der Waals surface area contributed by atoms with Crippen molar-refractivity contribution >= 4 is 34.4 Å². The van der Waals surface area contributed by atoms with Crippen LogP contribution in [-0.4, -0.2) is 35.7 Å². The third-order valence-electron chi connectivity index (χ3n) is 2.09. The third kappa shape index (κ3) is 4.61. The lowest BCUT2D eigenvalue weighted by Gasteiger charge is -2.10. The number of oxime groups is 1. The fraction of sp³-hybridized carbons (Fsp3) is 0.500. The molecule has 0 amide bonds. The monoisotopic (exact) mass is 299 g/mol. The van der Waals surface area contributed by atoms with E-state index < -0.39 is 17.7 Å². The van der Waals surface area contributed by atoms with Gasteiger partial charge in [-0.15, -0.1) is 11.3 Å². The van der Waals surface area contributed by atoms with Crippen LogP contribution in [-0.2, 0) is 19.2 Å². The number of thiazole rings is 1. The summed E-state index contributed by atoms with van der Waals surface area (Å²) in [6.45, 7) is 5.37. The SMILES string of the molecule is CCOC(=O)C(C(=O)/C=N\OC(C)C)c1csc(N)n1. The number of ether oxygens (including phenoxy) is 1. The van der Waals surface area contributed by atoms with Crippen LogP contribution >= 0.6 is 11.3 Å². The van der Waals surface area contributed by atoms with Gasteiger partial charge in [0.1, 0.15) is 12.3 Å². The summed E-state index contributed by atoms with van der Waals surface area (Å²) in [5.74, 6) is -2.41. The molecule has 20 heavy (non-hydrogen) atoms. The van der Waals surface area contributed by atoms with Gasteiger partial charge in [-0.3, -0.25) is 9.59 Å². The summed E-state index contributed by atoms with van der Waals surface area (Å²) >= 11 is 1.15. The first-order valence-corrected chi connectivity index (χ1v) is 6.94. The number of hydrogen-bond donors (Lipinski definition) is 1. The molecule has 8 heteroatoms. The molecule has 1 aromatic rings. The van der Waals surface area contributed by atoms with E-state index in [2.05, 4.69) is 10.1 Å². The van der Waals surface area contributed by atoms with E-state index >= 15 is 0 Å². The number of carbonyl (C=O) groups is 2. The summed E-state index contributed by atoms with van der Waals surface area (Å²) in [6.07, 6.45) is 0.798. The lowest BCUT2D eigenvalue weighted by molar-refractivity contribution is -0.146. The van der Waals surface area contributed by atoms with Gasteiger partial charge < -0.3 is 15.3 Å². The van der Waals surface area contributed by atoms with Gasteiger partial charge >= 0.3 is 5.97 Å². The molecule has 0 aliphatic heterocycles. The number of hydrogen-bond acceptors (Lipinski definition) is 8. The Labute approximate surface area is 120 Å². The van der Waals surface area contributed by atoms with Crippen LogP contribution in [0.1, 0.15) is 32.4 Å². The van der Waals surface area contributed by atoms with Crippen LogP contribution in [0.2, 0.25) is 0 Å². The average Bonchev–Trinajstić information content (AvgIpc) is 2.75. The maximum atomic E-state index is 12.0. The minimum absolute atomic E-state index is 0.157. The molecule has 0 radical (unpaired) electrons. The Morgan fingerprint density at radius 3 is 2.75 bits per heavy atom. The molecule has 1 atom stereocenters. The van der Waals surface area contributed by atoms with Gasteiger partial charge in [0.25, 0.3) is 0 Å². The largest absolute Gasteiger partial charge is 0.465 e. The minimum atomic E-state index is -1.16. The Balaban J connectivity index is 2.90. The lowest BCUT2D eigenvalue weighted by Crippen LogP contribution is -2.25. The van der Waals surface area contributed by atoms with Crippen LogP contribution in [0.5, 0.6) is 0 Å². The molecule has 1 aromatic heterocycles. The zero-order chi connectivity index (χ0) is 15.1. The molecule has 0 bridgehead atoms. The second-order valence-corrected chi connectivity index (χ2v) is 4.98. The zero-order valence-corrected chi connectivity index (χ0v) is 12.3. The van der Waals surface area contributed by atoms with E-state index in [1.807, 2.05) is 0 Å². The van der Waals surface area contributed by atoms with Crippen LogP contribution in [0.25, 0.3) is 0 Å². The van der Waals surface area contributed by atoms with Crippen molar-refractivity contribution < 1.29 is 19.2 Å². The second-order valence-electron chi connectivity index (χ2n) is 4.09. The van der Waals surface area contributed by atoms with E-state index in [-0.39, 0.29) is 23.5 Å². The van der Waals surface area contributed by atoms with E-state index in [0.717, 1.165) is 17.6 Å². The molecule has 2 N–H and O–H groups in total. The van der Waals surface area contributed by atoms with E-state index in [0.29, 0.717) is 0 Å². The Kier molecular flexibility index (Phi) is 6.10. The number of Topliss-reactive ketones (excluding diaryl/α,β-unsaturated/α-hetero) is 1. The zero-order valence-electron chi connectivity index (χ0n) is 11.5. The number of ketones is 1. The van der Waals surface area contributed by atoms with Crippen molar-refractivity contribution in [1.82, 2.24) is 4.98 Å². The topological polar surface area (TPSA) is 104 Å². The molecule has 0 saturated carbocycles. The second kappa shape index (κ2) is 7.59. The van der Waals surface area contributed by atoms with Gasteiger partial charge in [-0.05, 0) is 20.8 Å². The molecule has 110 valence electrons. The molecule has 0 spiro atoms. The number of carbonyl (C=O) groups excluding carboxylic acids is 2. The number of aromatic nitrogens is 1. The Morgan fingerprint density at radius 2 is 2.25 bits per heavy atom. The van der Waals surface area contributed by atoms with Gasteiger partial charge in [0.15, 0.2) is 16.8 Å². The fourth-order valence-electron chi connectivity index (χ4n) is 1.32. The molecule has 0 aromatic carbocycles. The van der Waals surface area contributed by atoms with Gasteiger partial charge in [-0.2, -0.15) is 0 Å². The van der Waals surface area contributed by atoms with Gasteiger partial charge in [-0.25, -0.2) is 4.98 Å². The maximum Gasteiger partial charge on any atom is 0.323 e. The molecule has 0 aliphatic rings. The van der Waals surface area contributed by atoms with Crippen LogP contribution < -0.4 is 5.73 Å².